The van der Waals surface area contributed by atoms with Gasteiger partial charge in [-0.25, -0.2) is 0 Å². The highest BCUT2D eigenvalue weighted by molar-refractivity contribution is 6.40. The van der Waals surface area contributed by atoms with Crippen LogP contribution in [0.2, 0.25) is 15.1 Å². The smallest absolute Gasteiger partial charge is 0.0764 e. The molecular weight excluding hydrogens is 291 g/mol. The largest absolute Gasteiger partial charge is 0.399 e. The molecule has 0 aliphatic heterocycles. The van der Waals surface area contributed by atoms with Gasteiger partial charge in [-0.05, 0) is 30.7 Å². The number of rotatable bonds is 2. The van der Waals surface area contributed by atoms with Crippen LogP contribution in [0.3, 0.4) is 0 Å². The average Bonchev–Trinajstić information content (AvgIpc) is 2.26. The lowest BCUT2D eigenvalue weighted by atomic mass is 10.2. The first-order chi connectivity index (χ1) is 8.49. The van der Waals surface area contributed by atoms with Gasteiger partial charge in [0.05, 0.1) is 26.4 Å². The van der Waals surface area contributed by atoms with Crippen LogP contribution in [0.5, 0.6) is 0 Å². The third kappa shape index (κ3) is 2.66. The quantitative estimate of drug-likeness (QED) is 0.740. The maximum absolute atomic E-state index is 6.14. The Morgan fingerprint density at radius 2 is 1.56 bits per heavy atom. The average molecular weight is 302 g/mol. The number of anilines is 3. The van der Waals surface area contributed by atoms with E-state index in [2.05, 4.69) is 5.32 Å². The number of nitrogen functional groups attached to an aromatic ring is 1. The van der Waals surface area contributed by atoms with Crippen LogP contribution in [0.25, 0.3) is 0 Å². The fourth-order valence-corrected chi connectivity index (χ4v) is 2.49. The molecule has 2 aromatic carbocycles. The van der Waals surface area contributed by atoms with E-state index < -0.39 is 0 Å². The minimum Gasteiger partial charge on any atom is -0.399 e. The molecule has 18 heavy (non-hydrogen) atoms. The molecule has 5 heteroatoms. The van der Waals surface area contributed by atoms with Gasteiger partial charge in [0.2, 0.25) is 0 Å². The minimum absolute atomic E-state index is 0.458. The SMILES string of the molecule is Cc1cccc(Cl)c1Nc1c(Cl)cc(N)cc1Cl. The molecule has 2 nitrogen and oxygen atoms in total. The number of halogens is 3. The molecule has 0 saturated carbocycles. The number of para-hydroxylation sites is 1. The van der Waals surface area contributed by atoms with Gasteiger partial charge >= 0.3 is 0 Å². The molecule has 0 radical (unpaired) electrons. The van der Waals surface area contributed by atoms with Gasteiger partial charge in [-0.1, -0.05) is 46.9 Å². The van der Waals surface area contributed by atoms with E-state index in [0.717, 1.165) is 11.3 Å². The maximum atomic E-state index is 6.14. The Kier molecular flexibility index (Phi) is 3.91. The third-order valence-electron chi connectivity index (χ3n) is 2.54. The molecule has 0 heterocycles. The molecule has 0 spiro atoms. The highest BCUT2D eigenvalue weighted by Gasteiger charge is 2.10. The molecule has 0 bridgehead atoms. The predicted octanol–water partition coefficient (Wildman–Crippen LogP) is 5.28. The van der Waals surface area contributed by atoms with Gasteiger partial charge in [0, 0.05) is 5.69 Å². The van der Waals surface area contributed by atoms with Crippen molar-refractivity contribution in [2.24, 2.45) is 0 Å². The van der Waals surface area contributed by atoms with Crippen LogP contribution < -0.4 is 11.1 Å². The fourth-order valence-electron chi connectivity index (χ4n) is 1.63. The highest BCUT2D eigenvalue weighted by Crippen LogP contribution is 2.37. The van der Waals surface area contributed by atoms with Crippen molar-refractivity contribution in [3.63, 3.8) is 0 Å². The Morgan fingerprint density at radius 1 is 0.944 bits per heavy atom. The Balaban J connectivity index is 2.47. The van der Waals surface area contributed by atoms with Gasteiger partial charge < -0.3 is 11.1 Å². The lowest BCUT2D eigenvalue weighted by Crippen LogP contribution is -1.97. The molecular formula is C13H11Cl3N2. The van der Waals surface area contributed by atoms with Gasteiger partial charge in [-0.3, -0.25) is 0 Å². The first kappa shape index (κ1) is 13.3. The van der Waals surface area contributed by atoms with E-state index in [1.54, 1.807) is 18.2 Å². The second-order valence-electron chi connectivity index (χ2n) is 3.92. The lowest BCUT2D eigenvalue weighted by Gasteiger charge is -2.14. The van der Waals surface area contributed by atoms with Crippen molar-refractivity contribution in [1.82, 2.24) is 0 Å². The molecule has 2 rings (SSSR count). The van der Waals surface area contributed by atoms with E-state index in [0.29, 0.717) is 26.4 Å². The fraction of sp³-hybridized carbons (Fsp3) is 0.0769. The van der Waals surface area contributed by atoms with Gasteiger partial charge in [0.1, 0.15) is 0 Å². The molecule has 0 aliphatic rings. The summed E-state index contributed by atoms with van der Waals surface area (Å²) in [5.41, 5.74) is 8.57. The van der Waals surface area contributed by atoms with E-state index in [1.807, 2.05) is 19.1 Å². The summed E-state index contributed by atoms with van der Waals surface area (Å²) in [4.78, 5) is 0. The monoisotopic (exact) mass is 300 g/mol. The van der Waals surface area contributed by atoms with Crippen molar-refractivity contribution >= 4 is 51.9 Å². The number of nitrogens with one attached hydrogen (secondary N) is 1. The van der Waals surface area contributed by atoms with Crippen molar-refractivity contribution in [1.29, 1.82) is 0 Å². The first-order valence-electron chi connectivity index (χ1n) is 5.25. The van der Waals surface area contributed by atoms with Crippen LogP contribution in [0, 0.1) is 6.92 Å². The molecule has 0 atom stereocenters. The summed E-state index contributed by atoms with van der Waals surface area (Å²) in [6, 6.07) is 8.92. The summed E-state index contributed by atoms with van der Waals surface area (Å²) < 4.78 is 0. The number of hydrogen-bond donors (Lipinski definition) is 2. The van der Waals surface area contributed by atoms with E-state index in [4.69, 9.17) is 40.5 Å². The van der Waals surface area contributed by atoms with Crippen molar-refractivity contribution in [2.75, 3.05) is 11.1 Å². The maximum Gasteiger partial charge on any atom is 0.0764 e. The highest BCUT2D eigenvalue weighted by atomic mass is 35.5. The van der Waals surface area contributed by atoms with Crippen LogP contribution in [0.1, 0.15) is 5.56 Å². The Morgan fingerprint density at radius 3 is 2.11 bits per heavy atom. The molecule has 0 fully saturated rings. The number of hydrogen-bond acceptors (Lipinski definition) is 2. The number of aryl methyl sites for hydroxylation is 1. The summed E-state index contributed by atoms with van der Waals surface area (Å²) in [7, 11) is 0. The topological polar surface area (TPSA) is 38.0 Å². The van der Waals surface area contributed by atoms with E-state index in [-0.39, 0.29) is 0 Å². The second kappa shape index (κ2) is 5.27. The van der Waals surface area contributed by atoms with Crippen molar-refractivity contribution in [3.8, 4) is 0 Å². The summed E-state index contributed by atoms with van der Waals surface area (Å²) >= 11 is 18.4. The van der Waals surface area contributed by atoms with Crippen molar-refractivity contribution in [2.45, 2.75) is 6.92 Å². The number of benzene rings is 2. The summed E-state index contributed by atoms with van der Waals surface area (Å²) in [6.07, 6.45) is 0. The Labute approximate surface area is 121 Å². The molecule has 0 aromatic heterocycles. The summed E-state index contributed by atoms with van der Waals surface area (Å²) in [5.74, 6) is 0. The normalized spacial score (nSPS) is 10.4. The van der Waals surface area contributed by atoms with Gasteiger partial charge in [-0.15, -0.1) is 0 Å². The molecule has 0 amide bonds. The molecule has 94 valence electrons. The van der Waals surface area contributed by atoms with Crippen molar-refractivity contribution in [3.05, 3.63) is 51.0 Å². The third-order valence-corrected chi connectivity index (χ3v) is 3.45. The van der Waals surface area contributed by atoms with E-state index in [9.17, 15) is 0 Å². The molecule has 3 N–H and O–H groups in total. The Bertz CT molecular complexity index is 554. The summed E-state index contributed by atoms with van der Waals surface area (Å²) in [5, 5.41) is 4.68. The standard InChI is InChI=1S/C13H11Cl3N2/c1-7-3-2-4-9(14)12(7)18-13-10(15)5-8(17)6-11(13)16/h2-6,18H,17H2,1H3. The second-order valence-corrected chi connectivity index (χ2v) is 5.14. The van der Waals surface area contributed by atoms with Crippen molar-refractivity contribution < 1.29 is 0 Å². The number of nitrogens with two attached hydrogens (primary N) is 1. The molecule has 0 aliphatic carbocycles. The van der Waals surface area contributed by atoms with E-state index >= 15 is 0 Å². The van der Waals surface area contributed by atoms with Crippen LogP contribution in [0.15, 0.2) is 30.3 Å². The van der Waals surface area contributed by atoms with E-state index in [1.165, 1.54) is 0 Å². The van der Waals surface area contributed by atoms with Gasteiger partial charge in [0.25, 0.3) is 0 Å². The molecule has 2 aromatic rings. The van der Waals surface area contributed by atoms with Crippen LogP contribution in [0.4, 0.5) is 17.1 Å². The Hall–Kier alpha value is -1.09. The zero-order valence-corrected chi connectivity index (χ0v) is 11.9. The molecule has 0 unspecified atom stereocenters. The summed E-state index contributed by atoms with van der Waals surface area (Å²) in [6.45, 7) is 1.95. The van der Waals surface area contributed by atoms with Gasteiger partial charge in [-0.2, -0.15) is 0 Å². The van der Waals surface area contributed by atoms with Crippen LogP contribution in [-0.4, -0.2) is 0 Å². The zero-order chi connectivity index (χ0) is 13.3. The molecule has 0 saturated heterocycles. The van der Waals surface area contributed by atoms with Crippen LogP contribution in [-0.2, 0) is 0 Å². The van der Waals surface area contributed by atoms with Crippen LogP contribution >= 0.6 is 34.8 Å². The zero-order valence-electron chi connectivity index (χ0n) is 9.60. The lowest BCUT2D eigenvalue weighted by molar-refractivity contribution is 1.43. The first-order valence-corrected chi connectivity index (χ1v) is 6.39. The predicted molar refractivity (Wildman–Crippen MR) is 80.3 cm³/mol. The minimum atomic E-state index is 0.458. The van der Waals surface area contributed by atoms with Gasteiger partial charge in [0.15, 0.2) is 0 Å².